The van der Waals surface area contributed by atoms with Crippen LogP contribution in [-0.2, 0) is 17.5 Å². The second-order valence-corrected chi connectivity index (χ2v) is 7.05. The third kappa shape index (κ3) is 4.24. The fraction of sp³-hybridized carbons (Fsp3) is 0.462. The second kappa shape index (κ2) is 5.54. The molecule has 0 aliphatic rings. The highest BCUT2D eigenvalue weighted by molar-refractivity contribution is 7.91. The fourth-order valence-electron chi connectivity index (χ4n) is 1.36. The minimum Gasteiger partial charge on any atom is -0.591 e. The molecule has 0 fully saturated rings. The number of alkyl halides is 3. The smallest absolute Gasteiger partial charge is 0.416 e. The molecule has 0 radical (unpaired) electrons. The summed E-state index contributed by atoms with van der Waals surface area (Å²) in [4.78, 5) is 0. The zero-order valence-electron chi connectivity index (χ0n) is 11.2. The first-order chi connectivity index (χ1) is 8.53. The summed E-state index contributed by atoms with van der Waals surface area (Å²) in [6, 6.07) is 3.86. The molecule has 0 aromatic heterocycles. The van der Waals surface area contributed by atoms with Crippen molar-refractivity contribution < 1.29 is 17.7 Å². The van der Waals surface area contributed by atoms with Crippen molar-refractivity contribution in [3.63, 3.8) is 0 Å². The molecule has 2 nitrogen and oxygen atoms in total. The Labute approximate surface area is 114 Å². The van der Waals surface area contributed by atoms with Crippen LogP contribution in [-0.4, -0.2) is 15.5 Å². The highest BCUT2D eigenvalue weighted by Gasteiger charge is 2.32. The molecule has 0 amide bonds. The molecule has 0 aliphatic carbocycles. The van der Waals surface area contributed by atoms with Gasteiger partial charge in [-0.3, -0.25) is 0 Å². The molecule has 0 heterocycles. The molecule has 6 heteroatoms. The van der Waals surface area contributed by atoms with Crippen molar-refractivity contribution in [2.45, 2.75) is 38.6 Å². The summed E-state index contributed by atoms with van der Waals surface area (Å²) in [5.41, 5.74) is -0.282. The summed E-state index contributed by atoms with van der Waals surface area (Å²) in [6.45, 7) is 6.63. The number of hydrogen-bond donors (Lipinski definition) is 0. The van der Waals surface area contributed by atoms with Crippen molar-refractivity contribution in [3.8, 4) is 0 Å². The first-order valence-corrected chi connectivity index (χ1v) is 6.77. The van der Waals surface area contributed by atoms with Gasteiger partial charge in [-0.05, 0) is 39.3 Å². The van der Waals surface area contributed by atoms with Crippen LogP contribution in [0.2, 0.25) is 0 Å². The maximum absolute atomic E-state index is 12.7. The molecule has 0 spiro atoms. The van der Waals surface area contributed by atoms with Crippen LogP contribution in [0.4, 0.5) is 13.2 Å². The maximum Gasteiger partial charge on any atom is 0.416 e. The standard InChI is InChI=1S/C13H16F3NOS/c1-9-10(8-17-19(18)12(2,3)4)6-5-7-11(9)13(14,15)16/h5-8H,1-4H3/t19-/m0/s1. The predicted octanol–water partition coefficient (Wildman–Crippen LogP) is 3.89. The molecule has 0 unspecified atom stereocenters. The molecule has 0 N–H and O–H groups in total. The SMILES string of the molecule is Cc1c(C=N[S@@+]([O-])C(C)(C)C)cccc1C(F)(F)F. The number of benzene rings is 1. The van der Waals surface area contributed by atoms with Crippen LogP contribution in [0.25, 0.3) is 0 Å². The van der Waals surface area contributed by atoms with Crippen molar-refractivity contribution in [1.82, 2.24) is 0 Å². The van der Waals surface area contributed by atoms with Crippen LogP contribution in [0, 0.1) is 6.92 Å². The van der Waals surface area contributed by atoms with E-state index in [0.29, 0.717) is 5.56 Å². The third-order valence-corrected chi connectivity index (χ3v) is 3.84. The Morgan fingerprint density at radius 1 is 1.21 bits per heavy atom. The highest BCUT2D eigenvalue weighted by Crippen LogP contribution is 2.32. The van der Waals surface area contributed by atoms with Crippen molar-refractivity contribution in [2.75, 3.05) is 0 Å². The molecule has 1 aromatic rings. The average molecular weight is 291 g/mol. The van der Waals surface area contributed by atoms with E-state index in [9.17, 15) is 17.7 Å². The van der Waals surface area contributed by atoms with Crippen LogP contribution < -0.4 is 0 Å². The molecular weight excluding hydrogens is 275 g/mol. The summed E-state index contributed by atoms with van der Waals surface area (Å²) in [5, 5.41) is 0. The summed E-state index contributed by atoms with van der Waals surface area (Å²) < 4.78 is 53.2. The normalized spacial score (nSPS) is 14.9. The molecule has 19 heavy (non-hydrogen) atoms. The van der Waals surface area contributed by atoms with Crippen molar-refractivity contribution >= 4 is 17.6 Å². The minimum atomic E-state index is -4.39. The van der Waals surface area contributed by atoms with Crippen LogP contribution in [0.5, 0.6) is 0 Å². The van der Waals surface area contributed by atoms with E-state index in [1.165, 1.54) is 25.3 Å². The van der Waals surface area contributed by atoms with Crippen molar-refractivity contribution in [1.29, 1.82) is 0 Å². The van der Waals surface area contributed by atoms with Gasteiger partial charge in [0.2, 0.25) is 0 Å². The number of rotatable bonds is 2. The molecular formula is C13H16F3NOS. The first kappa shape index (κ1) is 16.0. The Bertz CT molecular complexity index is 478. The topological polar surface area (TPSA) is 35.4 Å². The fourth-order valence-corrected chi connectivity index (χ4v) is 1.89. The lowest BCUT2D eigenvalue weighted by Gasteiger charge is -2.18. The van der Waals surface area contributed by atoms with Gasteiger partial charge in [-0.25, -0.2) is 0 Å². The molecule has 0 aliphatic heterocycles. The maximum atomic E-state index is 12.7. The zero-order valence-corrected chi connectivity index (χ0v) is 12.0. The van der Waals surface area contributed by atoms with E-state index in [1.54, 1.807) is 20.8 Å². The lowest BCUT2D eigenvalue weighted by atomic mass is 10.0. The van der Waals surface area contributed by atoms with Gasteiger partial charge in [0.05, 0.1) is 11.8 Å². The summed E-state index contributed by atoms with van der Waals surface area (Å²) in [7, 11) is 0. The number of halogens is 3. The van der Waals surface area contributed by atoms with Gasteiger partial charge in [0.25, 0.3) is 0 Å². The van der Waals surface area contributed by atoms with Gasteiger partial charge in [0.15, 0.2) is 0 Å². The zero-order chi connectivity index (χ0) is 14.8. The van der Waals surface area contributed by atoms with Gasteiger partial charge in [0.1, 0.15) is 16.1 Å². The quantitative estimate of drug-likeness (QED) is 0.601. The molecule has 106 valence electrons. The molecule has 1 aromatic carbocycles. The van der Waals surface area contributed by atoms with E-state index in [2.05, 4.69) is 4.40 Å². The van der Waals surface area contributed by atoms with Crippen LogP contribution >= 0.6 is 0 Å². The Hall–Kier alpha value is -1.01. The molecule has 0 saturated carbocycles. The Morgan fingerprint density at radius 3 is 2.26 bits per heavy atom. The molecule has 1 atom stereocenters. The summed E-state index contributed by atoms with van der Waals surface area (Å²) in [6.07, 6.45) is -3.15. The van der Waals surface area contributed by atoms with Gasteiger partial charge in [0, 0.05) is 5.56 Å². The molecule has 0 saturated heterocycles. The Balaban J connectivity index is 3.08. The first-order valence-electron chi connectivity index (χ1n) is 5.66. The van der Waals surface area contributed by atoms with Crippen LogP contribution in [0.15, 0.2) is 22.6 Å². The predicted molar refractivity (Wildman–Crippen MR) is 71.7 cm³/mol. The van der Waals surface area contributed by atoms with Gasteiger partial charge in [-0.2, -0.15) is 13.2 Å². The number of nitrogens with zero attached hydrogens (tertiary/aromatic N) is 1. The van der Waals surface area contributed by atoms with E-state index in [0.717, 1.165) is 6.07 Å². The van der Waals surface area contributed by atoms with Gasteiger partial charge in [-0.1, -0.05) is 16.5 Å². The van der Waals surface area contributed by atoms with Crippen molar-refractivity contribution in [3.05, 3.63) is 34.9 Å². The van der Waals surface area contributed by atoms with Gasteiger partial charge in [-0.15, -0.1) is 0 Å². The average Bonchev–Trinajstić information content (AvgIpc) is 2.24. The minimum absolute atomic E-state index is 0.0876. The van der Waals surface area contributed by atoms with E-state index >= 15 is 0 Å². The van der Waals surface area contributed by atoms with E-state index in [4.69, 9.17) is 0 Å². The summed E-state index contributed by atoms with van der Waals surface area (Å²) >= 11 is -1.49. The second-order valence-electron chi connectivity index (χ2n) is 5.11. The van der Waals surface area contributed by atoms with Crippen LogP contribution in [0.1, 0.15) is 37.5 Å². The van der Waals surface area contributed by atoms with Gasteiger partial charge >= 0.3 is 6.18 Å². The monoisotopic (exact) mass is 291 g/mol. The van der Waals surface area contributed by atoms with Crippen LogP contribution in [0.3, 0.4) is 0 Å². The van der Waals surface area contributed by atoms with E-state index < -0.39 is 27.8 Å². The summed E-state index contributed by atoms with van der Waals surface area (Å²) in [5.74, 6) is 0. The molecule has 1 rings (SSSR count). The van der Waals surface area contributed by atoms with Gasteiger partial charge < -0.3 is 4.55 Å². The van der Waals surface area contributed by atoms with E-state index in [1.807, 2.05) is 0 Å². The van der Waals surface area contributed by atoms with Crippen molar-refractivity contribution in [2.24, 2.45) is 4.40 Å². The highest BCUT2D eigenvalue weighted by atomic mass is 32.2. The number of hydrogen-bond acceptors (Lipinski definition) is 2. The largest absolute Gasteiger partial charge is 0.591 e. The lowest BCUT2D eigenvalue weighted by Crippen LogP contribution is -2.25. The third-order valence-electron chi connectivity index (χ3n) is 2.49. The Morgan fingerprint density at radius 2 is 1.79 bits per heavy atom. The van der Waals surface area contributed by atoms with E-state index in [-0.39, 0.29) is 5.56 Å². The Kier molecular flexibility index (Phi) is 4.68. The lowest BCUT2D eigenvalue weighted by molar-refractivity contribution is -0.138. The molecule has 0 bridgehead atoms.